The Labute approximate surface area is 130 Å². The smallest absolute Gasteiger partial charge is 0.0678 e. The van der Waals surface area contributed by atoms with E-state index in [1.807, 2.05) is 0 Å². The van der Waals surface area contributed by atoms with Gasteiger partial charge in [0.05, 0.1) is 11.7 Å². The zero-order valence-corrected chi connectivity index (χ0v) is 14.7. The van der Waals surface area contributed by atoms with E-state index in [0.717, 1.165) is 18.2 Å². The van der Waals surface area contributed by atoms with Crippen molar-refractivity contribution in [1.29, 1.82) is 0 Å². The molecule has 0 amide bonds. The Bertz CT molecular complexity index is 456. The van der Waals surface area contributed by atoms with Gasteiger partial charge in [-0.25, -0.2) is 0 Å². The first-order chi connectivity index (χ1) is 9.82. The topological polar surface area (TPSA) is 29.9 Å². The normalized spacial score (nSPS) is 27.0. The summed E-state index contributed by atoms with van der Waals surface area (Å²) in [7, 11) is 0. The van der Waals surface area contributed by atoms with Gasteiger partial charge in [-0.05, 0) is 63.5 Å². The van der Waals surface area contributed by atoms with Crippen molar-refractivity contribution >= 4 is 0 Å². The first kappa shape index (κ1) is 16.5. The molecule has 0 saturated heterocycles. The van der Waals surface area contributed by atoms with Gasteiger partial charge in [0.2, 0.25) is 0 Å². The van der Waals surface area contributed by atoms with Crippen LogP contribution in [0.1, 0.15) is 70.8 Å². The van der Waals surface area contributed by atoms with Crippen LogP contribution in [0.2, 0.25) is 0 Å². The number of hydrogen-bond acceptors (Lipinski definition) is 2. The molecule has 1 heterocycles. The maximum Gasteiger partial charge on any atom is 0.0678 e. The third-order valence-corrected chi connectivity index (χ3v) is 5.06. The first-order valence-corrected chi connectivity index (χ1v) is 8.59. The second kappa shape index (κ2) is 6.51. The van der Waals surface area contributed by atoms with Crippen LogP contribution in [-0.2, 0) is 0 Å². The van der Waals surface area contributed by atoms with Gasteiger partial charge in [-0.2, -0.15) is 5.10 Å². The minimum Gasteiger partial charge on any atom is -0.312 e. The maximum atomic E-state index is 4.79. The summed E-state index contributed by atoms with van der Waals surface area (Å²) in [5.74, 6) is 0.783. The quantitative estimate of drug-likeness (QED) is 0.898. The van der Waals surface area contributed by atoms with Crippen LogP contribution in [0, 0.1) is 25.2 Å². The van der Waals surface area contributed by atoms with Crippen molar-refractivity contribution in [2.75, 3.05) is 6.54 Å². The second-order valence-corrected chi connectivity index (χ2v) is 7.88. The fourth-order valence-electron chi connectivity index (χ4n) is 3.75. The molecule has 0 radical (unpaired) electrons. The maximum absolute atomic E-state index is 4.79. The molecule has 1 aromatic heterocycles. The predicted molar refractivity (Wildman–Crippen MR) is 89.6 cm³/mol. The van der Waals surface area contributed by atoms with Gasteiger partial charge in [-0.15, -0.1) is 0 Å². The van der Waals surface area contributed by atoms with E-state index in [2.05, 4.69) is 57.6 Å². The summed E-state index contributed by atoms with van der Waals surface area (Å²) in [5, 5.41) is 8.55. The fourth-order valence-corrected chi connectivity index (χ4v) is 3.75. The van der Waals surface area contributed by atoms with Crippen LogP contribution in [0.5, 0.6) is 0 Å². The van der Waals surface area contributed by atoms with Crippen molar-refractivity contribution in [3.8, 4) is 0 Å². The van der Waals surface area contributed by atoms with Crippen LogP contribution in [0.15, 0.2) is 6.07 Å². The largest absolute Gasteiger partial charge is 0.312 e. The van der Waals surface area contributed by atoms with Gasteiger partial charge < -0.3 is 5.32 Å². The average Bonchev–Trinajstić information content (AvgIpc) is 2.74. The number of rotatable bonds is 4. The minimum atomic E-state index is 0.393. The summed E-state index contributed by atoms with van der Waals surface area (Å²) in [6.45, 7) is 14.8. The van der Waals surface area contributed by atoms with Gasteiger partial charge in [0.1, 0.15) is 0 Å². The van der Waals surface area contributed by atoms with Crippen LogP contribution in [0.4, 0.5) is 0 Å². The lowest BCUT2D eigenvalue weighted by Gasteiger charge is -2.42. The van der Waals surface area contributed by atoms with Gasteiger partial charge in [-0.3, -0.25) is 4.68 Å². The van der Waals surface area contributed by atoms with E-state index in [0.29, 0.717) is 17.5 Å². The van der Waals surface area contributed by atoms with Crippen LogP contribution in [0.3, 0.4) is 0 Å². The predicted octanol–water partition coefficient (Wildman–Crippen LogP) is 4.26. The van der Waals surface area contributed by atoms with Crippen LogP contribution < -0.4 is 5.32 Å². The summed E-state index contributed by atoms with van der Waals surface area (Å²) in [6, 6.07) is 3.28. The monoisotopic (exact) mass is 291 g/mol. The third kappa shape index (κ3) is 3.88. The van der Waals surface area contributed by atoms with Gasteiger partial charge >= 0.3 is 0 Å². The summed E-state index contributed by atoms with van der Waals surface area (Å²) in [6.07, 6.45) is 5.04. The van der Waals surface area contributed by atoms with Crippen LogP contribution >= 0.6 is 0 Å². The summed E-state index contributed by atoms with van der Waals surface area (Å²) < 4.78 is 2.29. The van der Waals surface area contributed by atoms with E-state index >= 15 is 0 Å². The molecular weight excluding hydrogens is 258 g/mol. The standard InChI is InChI=1S/C18H33N3/c1-7-10-19-16-9-8-15(18(4,5)6)12-17(16)21-14(3)11-13(2)20-21/h11,15-17,19H,7-10,12H2,1-6H3. The highest BCUT2D eigenvalue weighted by Crippen LogP contribution is 2.42. The minimum absolute atomic E-state index is 0.393. The van der Waals surface area contributed by atoms with Gasteiger partial charge in [0.15, 0.2) is 0 Å². The van der Waals surface area contributed by atoms with Crippen molar-refractivity contribution in [1.82, 2.24) is 15.1 Å². The van der Waals surface area contributed by atoms with E-state index in [-0.39, 0.29) is 0 Å². The Hall–Kier alpha value is -0.830. The molecule has 1 N–H and O–H groups in total. The number of aryl methyl sites for hydroxylation is 2. The van der Waals surface area contributed by atoms with Crippen molar-refractivity contribution in [2.45, 2.75) is 79.3 Å². The number of nitrogens with zero attached hydrogens (tertiary/aromatic N) is 2. The van der Waals surface area contributed by atoms with Crippen molar-refractivity contribution < 1.29 is 0 Å². The molecule has 1 fully saturated rings. The van der Waals surface area contributed by atoms with E-state index in [1.165, 1.54) is 31.4 Å². The molecule has 1 aliphatic rings. The number of hydrogen-bond donors (Lipinski definition) is 1. The van der Waals surface area contributed by atoms with Gasteiger partial charge in [0, 0.05) is 11.7 Å². The Kier molecular flexibility index (Phi) is 5.13. The van der Waals surface area contributed by atoms with Crippen molar-refractivity contribution in [2.24, 2.45) is 11.3 Å². The highest BCUT2D eigenvalue weighted by atomic mass is 15.3. The van der Waals surface area contributed by atoms with Crippen LogP contribution in [-0.4, -0.2) is 22.4 Å². The van der Waals surface area contributed by atoms with E-state index < -0.39 is 0 Å². The van der Waals surface area contributed by atoms with Crippen LogP contribution in [0.25, 0.3) is 0 Å². The Morgan fingerprint density at radius 2 is 2.00 bits per heavy atom. The summed E-state index contributed by atoms with van der Waals surface area (Å²) >= 11 is 0. The molecule has 0 aliphatic heterocycles. The lowest BCUT2D eigenvalue weighted by molar-refractivity contribution is 0.111. The SMILES string of the molecule is CCCNC1CCC(C(C)(C)C)CC1n1nc(C)cc1C. The summed E-state index contributed by atoms with van der Waals surface area (Å²) in [4.78, 5) is 0. The van der Waals surface area contributed by atoms with Crippen molar-refractivity contribution in [3.63, 3.8) is 0 Å². The summed E-state index contributed by atoms with van der Waals surface area (Å²) in [5.41, 5.74) is 2.83. The molecule has 120 valence electrons. The lowest BCUT2D eigenvalue weighted by atomic mass is 9.69. The molecule has 0 spiro atoms. The number of nitrogens with one attached hydrogen (secondary N) is 1. The zero-order valence-electron chi connectivity index (χ0n) is 14.7. The van der Waals surface area contributed by atoms with Gasteiger partial charge in [0.25, 0.3) is 0 Å². The Morgan fingerprint density at radius 1 is 1.29 bits per heavy atom. The Balaban J connectivity index is 2.22. The highest BCUT2D eigenvalue weighted by molar-refractivity contribution is 5.09. The third-order valence-electron chi connectivity index (χ3n) is 5.06. The second-order valence-electron chi connectivity index (χ2n) is 7.88. The molecule has 3 unspecified atom stereocenters. The molecule has 3 heteroatoms. The molecule has 21 heavy (non-hydrogen) atoms. The molecule has 1 aromatic rings. The lowest BCUT2D eigenvalue weighted by Crippen LogP contribution is -2.44. The molecule has 0 bridgehead atoms. The molecule has 0 aromatic carbocycles. The molecule has 3 atom stereocenters. The highest BCUT2D eigenvalue weighted by Gasteiger charge is 2.37. The van der Waals surface area contributed by atoms with E-state index in [4.69, 9.17) is 5.10 Å². The molecule has 3 nitrogen and oxygen atoms in total. The molecule has 1 aliphatic carbocycles. The van der Waals surface area contributed by atoms with E-state index in [9.17, 15) is 0 Å². The van der Waals surface area contributed by atoms with Crippen molar-refractivity contribution in [3.05, 3.63) is 17.5 Å². The average molecular weight is 291 g/mol. The van der Waals surface area contributed by atoms with E-state index in [1.54, 1.807) is 0 Å². The molecule has 1 saturated carbocycles. The molecule has 2 rings (SSSR count). The number of aromatic nitrogens is 2. The first-order valence-electron chi connectivity index (χ1n) is 8.59. The Morgan fingerprint density at radius 3 is 2.52 bits per heavy atom. The zero-order chi connectivity index (χ0) is 15.6. The fraction of sp³-hybridized carbons (Fsp3) is 0.833. The van der Waals surface area contributed by atoms with Gasteiger partial charge in [-0.1, -0.05) is 27.7 Å². The molecular formula is C18H33N3.